The van der Waals surface area contributed by atoms with E-state index in [1.807, 2.05) is 6.92 Å². The molecular weight excluding hydrogens is 210 g/mol. The van der Waals surface area contributed by atoms with Crippen molar-refractivity contribution in [3.05, 3.63) is 23.8 Å². The van der Waals surface area contributed by atoms with Gasteiger partial charge in [0.2, 0.25) is 0 Å². The van der Waals surface area contributed by atoms with E-state index in [9.17, 15) is 9.59 Å². The van der Waals surface area contributed by atoms with Crippen molar-refractivity contribution in [3.63, 3.8) is 0 Å². The van der Waals surface area contributed by atoms with Crippen LogP contribution < -0.4 is 16.0 Å². The van der Waals surface area contributed by atoms with Gasteiger partial charge >= 0.3 is 12.1 Å². The number of aryl methyl sites for hydroxylation is 1. The first-order chi connectivity index (χ1) is 7.52. The van der Waals surface area contributed by atoms with Crippen molar-refractivity contribution in [1.29, 1.82) is 0 Å². The summed E-state index contributed by atoms with van der Waals surface area (Å²) >= 11 is 0. The quantitative estimate of drug-likeness (QED) is 0.616. The molecule has 1 rings (SSSR count). The van der Waals surface area contributed by atoms with Gasteiger partial charge in [-0.15, -0.1) is 0 Å². The zero-order valence-corrected chi connectivity index (χ0v) is 9.00. The maximum absolute atomic E-state index is 11.1. The van der Waals surface area contributed by atoms with E-state index >= 15 is 0 Å². The monoisotopic (exact) mass is 223 g/mol. The van der Waals surface area contributed by atoms with Gasteiger partial charge < -0.3 is 15.7 Å². The van der Waals surface area contributed by atoms with Crippen molar-refractivity contribution in [1.82, 2.24) is 5.32 Å². The molecule has 0 bridgehead atoms. The zero-order chi connectivity index (χ0) is 12.1. The first kappa shape index (κ1) is 11.8. The van der Waals surface area contributed by atoms with Gasteiger partial charge in [-0.25, -0.2) is 9.59 Å². The molecule has 0 unspecified atom stereocenters. The molecule has 0 spiro atoms. The van der Waals surface area contributed by atoms with Crippen molar-refractivity contribution >= 4 is 23.5 Å². The van der Waals surface area contributed by atoms with E-state index in [4.69, 9.17) is 5.11 Å². The Morgan fingerprint density at radius 1 is 1.25 bits per heavy atom. The van der Waals surface area contributed by atoms with Gasteiger partial charge in [-0.05, 0) is 24.6 Å². The van der Waals surface area contributed by atoms with E-state index in [2.05, 4.69) is 16.0 Å². The molecule has 86 valence electrons. The van der Waals surface area contributed by atoms with Crippen LogP contribution in [0.5, 0.6) is 0 Å². The van der Waals surface area contributed by atoms with Crippen LogP contribution >= 0.6 is 0 Å². The third kappa shape index (κ3) is 3.16. The number of anilines is 2. The lowest BCUT2D eigenvalue weighted by molar-refractivity contribution is 0.209. The molecule has 0 saturated heterocycles. The number of urea groups is 1. The van der Waals surface area contributed by atoms with Crippen LogP contribution in [0, 0.1) is 6.92 Å². The number of benzene rings is 1. The maximum atomic E-state index is 11.1. The minimum atomic E-state index is -1.14. The summed E-state index contributed by atoms with van der Waals surface area (Å²) in [6.45, 7) is 1.82. The Morgan fingerprint density at radius 3 is 2.50 bits per heavy atom. The van der Waals surface area contributed by atoms with Crippen LogP contribution in [0.2, 0.25) is 0 Å². The van der Waals surface area contributed by atoms with Gasteiger partial charge in [-0.2, -0.15) is 0 Å². The molecule has 1 aromatic carbocycles. The molecule has 0 fully saturated rings. The maximum Gasteiger partial charge on any atom is 0.409 e. The summed E-state index contributed by atoms with van der Waals surface area (Å²) in [4.78, 5) is 21.5. The highest BCUT2D eigenvalue weighted by molar-refractivity contribution is 5.91. The Labute approximate surface area is 92.7 Å². The molecule has 0 atom stereocenters. The zero-order valence-electron chi connectivity index (χ0n) is 9.00. The number of amides is 3. The van der Waals surface area contributed by atoms with E-state index in [1.165, 1.54) is 7.05 Å². The number of carbonyl (C=O) groups excluding carboxylic acids is 1. The Morgan fingerprint density at radius 2 is 1.94 bits per heavy atom. The predicted molar refractivity (Wildman–Crippen MR) is 60.9 cm³/mol. The molecule has 0 aliphatic carbocycles. The lowest BCUT2D eigenvalue weighted by Gasteiger charge is -2.09. The SMILES string of the molecule is CNC(=O)Nc1cc(NC(=O)O)ccc1C. The third-order valence-corrected chi connectivity index (χ3v) is 1.96. The van der Waals surface area contributed by atoms with Crippen LogP contribution in [0.1, 0.15) is 5.56 Å². The average Bonchev–Trinajstić information content (AvgIpc) is 2.22. The highest BCUT2D eigenvalue weighted by atomic mass is 16.4. The molecule has 0 aliphatic rings. The van der Waals surface area contributed by atoms with Crippen LogP contribution in [0.15, 0.2) is 18.2 Å². The fraction of sp³-hybridized carbons (Fsp3) is 0.200. The molecule has 1 aromatic rings. The predicted octanol–water partition coefficient (Wildman–Crippen LogP) is 1.84. The van der Waals surface area contributed by atoms with Crippen molar-refractivity contribution in [2.75, 3.05) is 17.7 Å². The van der Waals surface area contributed by atoms with E-state index < -0.39 is 6.09 Å². The van der Waals surface area contributed by atoms with Gasteiger partial charge in [-0.3, -0.25) is 5.32 Å². The van der Waals surface area contributed by atoms with Crippen LogP contribution in [0.3, 0.4) is 0 Å². The van der Waals surface area contributed by atoms with Crippen molar-refractivity contribution in [2.45, 2.75) is 6.92 Å². The van der Waals surface area contributed by atoms with Gasteiger partial charge in [0.05, 0.1) is 0 Å². The van der Waals surface area contributed by atoms with Crippen LogP contribution in [0.4, 0.5) is 21.0 Å². The van der Waals surface area contributed by atoms with Gasteiger partial charge in [-0.1, -0.05) is 6.07 Å². The van der Waals surface area contributed by atoms with E-state index in [1.54, 1.807) is 18.2 Å². The first-order valence-corrected chi connectivity index (χ1v) is 4.62. The van der Waals surface area contributed by atoms with Crippen molar-refractivity contribution in [2.24, 2.45) is 0 Å². The molecule has 0 aliphatic heterocycles. The highest BCUT2D eigenvalue weighted by Gasteiger charge is 2.05. The summed E-state index contributed by atoms with van der Waals surface area (Å²) in [5.41, 5.74) is 1.81. The van der Waals surface area contributed by atoms with Gasteiger partial charge in [0.1, 0.15) is 0 Å². The van der Waals surface area contributed by atoms with Crippen LogP contribution in [0.25, 0.3) is 0 Å². The molecule has 0 saturated carbocycles. The fourth-order valence-electron chi connectivity index (χ4n) is 1.14. The molecule has 16 heavy (non-hydrogen) atoms. The number of carbonyl (C=O) groups is 2. The van der Waals surface area contributed by atoms with Gasteiger partial charge in [0.15, 0.2) is 0 Å². The van der Waals surface area contributed by atoms with Crippen molar-refractivity contribution < 1.29 is 14.7 Å². The standard InChI is InChI=1S/C10H13N3O3/c1-6-3-4-7(12-10(15)16)5-8(6)13-9(14)11-2/h3-5,12H,1-2H3,(H,15,16)(H2,11,13,14). The minimum Gasteiger partial charge on any atom is -0.465 e. The lowest BCUT2D eigenvalue weighted by atomic mass is 10.2. The smallest absolute Gasteiger partial charge is 0.409 e. The average molecular weight is 223 g/mol. The molecular formula is C10H13N3O3. The fourth-order valence-corrected chi connectivity index (χ4v) is 1.14. The number of carboxylic acid groups (broad SMARTS) is 1. The summed E-state index contributed by atoms with van der Waals surface area (Å²) < 4.78 is 0. The molecule has 3 amide bonds. The normalized spacial score (nSPS) is 9.38. The highest BCUT2D eigenvalue weighted by Crippen LogP contribution is 2.20. The molecule has 4 N–H and O–H groups in total. The second-order valence-electron chi connectivity index (χ2n) is 3.16. The summed E-state index contributed by atoms with van der Waals surface area (Å²) in [6.07, 6.45) is -1.14. The van der Waals surface area contributed by atoms with E-state index in [0.29, 0.717) is 11.4 Å². The number of hydrogen-bond acceptors (Lipinski definition) is 2. The van der Waals surface area contributed by atoms with Crippen LogP contribution in [-0.4, -0.2) is 24.3 Å². The molecule has 0 heterocycles. The minimum absolute atomic E-state index is 0.351. The third-order valence-electron chi connectivity index (χ3n) is 1.96. The molecule has 0 radical (unpaired) electrons. The number of nitrogens with one attached hydrogen (secondary N) is 3. The molecule has 0 aromatic heterocycles. The summed E-state index contributed by atoms with van der Waals surface area (Å²) in [7, 11) is 1.50. The van der Waals surface area contributed by atoms with E-state index in [0.717, 1.165) is 5.56 Å². The van der Waals surface area contributed by atoms with Crippen LogP contribution in [-0.2, 0) is 0 Å². The number of hydrogen-bond donors (Lipinski definition) is 4. The second kappa shape index (κ2) is 5.01. The van der Waals surface area contributed by atoms with E-state index in [-0.39, 0.29) is 6.03 Å². The Bertz CT molecular complexity index is 418. The summed E-state index contributed by atoms with van der Waals surface area (Å²) in [5.74, 6) is 0. The second-order valence-corrected chi connectivity index (χ2v) is 3.16. The summed E-state index contributed by atoms with van der Waals surface area (Å²) in [6, 6.07) is 4.55. The summed E-state index contributed by atoms with van der Waals surface area (Å²) in [5, 5.41) is 15.8. The van der Waals surface area contributed by atoms with Gasteiger partial charge in [0.25, 0.3) is 0 Å². The topological polar surface area (TPSA) is 90.5 Å². The molecule has 6 heteroatoms. The number of rotatable bonds is 2. The first-order valence-electron chi connectivity index (χ1n) is 4.62. The Kier molecular flexibility index (Phi) is 3.71. The Balaban J connectivity index is 2.90. The Hall–Kier alpha value is -2.24. The van der Waals surface area contributed by atoms with Gasteiger partial charge in [0, 0.05) is 18.4 Å². The largest absolute Gasteiger partial charge is 0.465 e. The lowest BCUT2D eigenvalue weighted by Crippen LogP contribution is -2.24. The molecule has 6 nitrogen and oxygen atoms in total. The van der Waals surface area contributed by atoms with Crippen molar-refractivity contribution in [3.8, 4) is 0 Å².